The van der Waals surface area contributed by atoms with E-state index >= 15 is 0 Å². The molecule has 2 rings (SSSR count). The Hall–Kier alpha value is -2.50. The van der Waals surface area contributed by atoms with Crippen LogP contribution in [-0.4, -0.2) is 22.9 Å². The zero-order valence-electron chi connectivity index (χ0n) is 12.4. The minimum atomic E-state index is -0.443. The Morgan fingerprint density at radius 1 is 1.43 bits per heavy atom. The van der Waals surface area contributed by atoms with Crippen molar-refractivity contribution in [2.75, 3.05) is 17.7 Å². The number of carbonyl (C=O) groups is 1. The molecule has 2 aromatic rings. The van der Waals surface area contributed by atoms with Crippen molar-refractivity contribution >= 4 is 17.6 Å². The van der Waals surface area contributed by atoms with Crippen LogP contribution in [0.2, 0.25) is 0 Å². The van der Waals surface area contributed by atoms with Gasteiger partial charge in [0, 0.05) is 17.3 Å². The smallest absolute Gasteiger partial charge is 0.411 e. The monoisotopic (exact) mass is 288 g/mol. The standard InChI is InChI=1S/C15H20N4O2/c1-9(2)8-21-15(20)17-11-4-5-12(10(3)6-11)13-7-14(16)19-18-13/h4-7,9H,8H2,1-3H3,(H,17,20)(H3,16,18,19). The van der Waals surface area contributed by atoms with Crippen LogP contribution >= 0.6 is 0 Å². The maximum absolute atomic E-state index is 11.6. The second-order valence-electron chi connectivity index (χ2n) is 5.35. The van der Waals surface area contributed by atoms with Crippen molar-refractivity contribution in [1.29, 1.82) is 0 Å². The van der Waals surface area contributed by atoms with Gasteiger partial charge in [-0.3, -0.25) is 10.4 Å². The minimum Gasteiger partial charge on any atom is -0.449 e. The number of hydrogen-bond donors (Lipinski definition) is 3. The van der Waals surface area contributed by atoms with E-state index < -0.39 is 6.09 Å². The van der Waals surface area contributed by atoms with Crippen LogP contribution in [0.15, 0.2) is 24.3 Å². The van der Waals surface area contributed by atoms with E-state index in [4.69, 9.17) is 10.5 Å². The number of nitrogens with one attached hydrogen (secondary N) is 2. The van der Waals surface area contributed by atoms with Gasteiger partial charge in [-0.2, -0.15) is 5.10 Å². The van der Waals surface area contributed by atoms with E-state index in [1.165, 1.54) is 0 Å². The maximum Gasteiger partial charge on any atom is 0.411 e. The van der Waals surface area contributed by atoms with Crippen molar-refractivity contribution < 1.29 is 9.53 Å². The number of nitrogens with two attached hydrogens (primary N) is 1. The van der Waals surface area contributed by atoms with Crippen LogP contribution in [-0.2, 0) is 4.74 Å². The molecule has 0 bridgehead atoms. The lowest BCUT2D eigenvalue weighted by Crippen LogP contribution is -2.16. The molecule has 4 N–H and O–H groups in total. The van der Waals surface area contributed by atoms with Crippen molar-refractivity contribution in [3.8, 4) is 11.3 Å². The number of carbonyl (C=O) groups excluding carboxylic acids is 1. The molecule has 0 aliphatic rings. The first-order valence-electron chi connectivity index (χ1n) is 6.81. The fourth-order valence-corrected chi connectivity index (χ4v) is 1.92. The fourth-order valence-electron chi connectivity index (χ4n) is 1.92. The van der Waals surface area contributed by atoms with Crippen LogP contribution < -0.4 is 11.1 Å². The predicted octanol–water partition coefficient (Wildman–Crippen LogP) is 3.17. The quantitative estimate of drug-likeness (QED) is 0.805. The summed E-state index contributed by atoms with van der Waals surface area (Å²) in [7, 11) is 0. The van der Waals surface area contributed by atoms with Crippen LogP contribution in [0.3, 0.4) is 0 Å². The highest BCUT2D eigenvalue weighted by molar-refractivity contribution is 5.85. The summed E-state index contributed by atoms with van der Waals surface area (Å²) in [5.74, 6) is 0.759. The molecule has 6 nitrogen and oxygen atoms in total. The second-order valence-corrected chi connectivity index (χ2v) is 5.35. The number of amides is 1. The van der Waals surface area contributed by atoms with Crippen LogP contribution in [0.5, 0.6) is 0 Å². The van der Waals surface area contributed by atoms with E-state index in [0.29, 0.717) is 24.0 Å². The second kappa shape index (κ2) is 6.30. The predicted molar refractivity (Wildman–Crippen MR) is 83.0 cm³/mol. The maximum atomic E-state index is 11.6. The van der Waals surface area contributed by atoms with E-state index in [1.807, 2.05) is 39.0 Å². The molecule has 0 saturated heterocycles. The average molecular weight is 288 g/mol. The topological polar surface area (TPSA) is 93.0 Å². The summed E-state index contributed by atoms with van der Waals surface area (Å²) in [5, 5.41) is 9.49. The Bertz CT molecular complexity index is 634. The van der Waals surface area contributed by atoms with Crippen molar-refractivity contribution in [1.82, 2.24) is 10.2 Å². The number of H-pyrrole nitrogens is 1. The van der Waals surface area contributed by atoms with Crippen molar-refractivity contribution in [2.45, 2.75) is 20.8 Å². The van der Waals surface area contributed by atoms with Crippen LogP contribution in [0.4, 0.5) is 16.3 Å². The lowest BCUT2D eigenvalue weighted by Gasteiger charge is -2.10. The molecule has 6 heteroatoms. The molecule has 0 unspecified atom stereocenters. The molecule has 1 amide bonds. The molecule has 0 atom stereocenters. The highest BCUT2D eigenvalue weighted by atomic mass is 16.5. The number of aryl methyl sites for hydroxylation is 1. The van der Waals surface area contributed by atoms with Crippen molar-refractivity contribution in [3.63, 3.8) is 0 Å². The SMILES string of the molecule is Cc1cc(NC(=O)OCC(C)C)ccc1-c1cc(N)n[nH]1. The van der Waals surface area contributed by atoms with Gasteiger partial charge in [0.25, 0.3) is 0 Å². The van der Waals surface area contributed by atoms with Gasteiger partial charge in [-0.15, -0.1) is 0 Å². The molecule has 1 aromatic carbocycles. The Morgan fingerprint density at radius 3 is 2.76 bits per heavy atom. The van der Waals surface area contributed by atoms with Gasteiger partial charge < -0.3 is 10.5 Å². The zero-order valence-corrected chi connectivity index (χ0v) is 12.4. The molecule has 112 valence electrons. The van der Waals surface area contributed by atoms with Gasteiger partial charge in [-0.1, -0.05) is 19.9 Å². The minimum absolute atomic E-state index is 0.311. The van der Waals surface area contributed by atoms with E-state index in [9.17, 15) is 4.79 Å². The largest absolute Gasteiger partial charge is 0.449 e. The third-order valence-corrected chi connectivity index (χ3v) is 2.91. The van der Waals surface area contributed by atoms with Crippen molar-refractivity contribution in [2.24, 2.45) is 5.92 Å². The van der Waals surface area contributed by atoms with E-state index in [2.05, 4.69) is 15.5 Å². The van der Waals surface area contributed by atoms with Gasteiger partial charge >= 0.3 is 6.09 Å². The van der Waals surface area contributed by atoms with Crippen LogP contribution in [0.25, 0.3) is 11.3 Å². The summed E-state index contributed by atoms with van der Waals surface area (Å²) < 4.78 is 5.08. The summed E-state index contributed by atoms with van der Waals surface area (Å²) in [6.07, 6.45) is -0.443. The van der Waals surface area contributed by atoms with Crippen LogP contribution in [0.1, 0.15) is 19.4 Å². The molecule has 0 aliphatic carbocycles. The number of aromatic nitrogens is 2. The summed E-state index contributed by atoms with van der Waals surface area (Å²) >= 11 is 0. The number of ether oxygens (including phenoxy) is 1. The number of nitrogens with zero attached hydrogens (tertiary/aromatic N) is 1. The molecule has 0 spiro atoms. The van der Waals surface area contributed by atoms with Gasteiger partial charge in [0.05, 0.1) is 12.3 Å². The molecule has 0 radical (unpaired) electrons. The Balaban J connectivity index is 2.07. The van der Waals surface area contributed by atoms with Gasteiger partial charge in [-0.25, -0.2) is 4.79 Å². The van der Waals surface area contributed by atoms with Gasteiger partial charge in [0.1, 0.15) is 5.82 Å². The number of anilines is 2. The van der Waals surface area contributed by atoms with Gasteiger partial charge in [-0.05, 0) is 30.5 Å². The van der Waals surface area contributed by atoms with Crippen LogP contribution in [0, 0.1) is 12.8 Å². The lowest BCUT2D eigenvalue weighted by molar-refractivity contribution is 0.147. The summed E-state index contributed by atoms with van der Waals surface area (Å²) in [4.78, 5) is 11.6. The Labute approximate surface area is 123 Å². The Kier molecular flexibility index (Phi) is 4.47. The first-order chi connectivity index (χ1) is 9.95. The van der Waals surface area contributed by atoms with E-state index in [-0.39, 0.29) is 0 Å². The lowest BCUT2D eigenvalue weighted by atomic mass is 10.1. The first kappa shape index (κ1) is 14.9. The number of rotatable bonds is 4. The third-order valence-electron chi connectivity index (χ3n) is 2.91. The number of nitrogen functional groups attached to an aromatic ring is 1. The average Bonchev–Trinajstić information content (AvgIpc) is 2.83. The highest BCUT2D eigenvalue weighted by Gasteiger charge is 2.08. The van der Waals surface area contributed by atoms with E-state index in [1.54, 1.807) is 6.07 Å². The van der Waals surface area contributed by atoms with Gasteiger partial charge in [0.15, 0.2) is 0 Å². The highest BCUT2D eigenvalue weighted by Crippen LogP contribution is 2.25. The van der Waals surface area contributed by atoms with Crippen molar-refractivity contribution in [3.05, 3.63) is 29.8 Å². The number of hydrogen-bond acceptors (Lipinski definition) is 4. The third kappa shape index (κ3) is 3.98. The number of benzene rings is 1. The molecule has 1 heterocycles. The number of aromatic amines is 1. The summed E-state index contributed by atoms with van der Waals surface area (Å²) in [6.45, 7) is 6.33. The molecule has 0 fully saturated rings. The zero-order chi connectivity index (χ0) is 15.4. The molecule has 0 saturated carbocycles. The molecule has 21 heavy (non-hydrogen) atoms. The van der Waals surface area contributed by atoms with E-state index in [0.717, 1.165) is 16.8 Å². The normalized spacial score (nSPS) is 10.7. The van der Waals surface area contributed by atoms with Gasteiger partial charge in [0.2, 0.25) is 0 Å². The molecule has 0 aliphatic heterocycles. The summed E-state index contributed by atoms with van der Waals surface area (Å²) in [5.41, 5.74) is 9.13. The first-order valence-corrected chi connectivity index (χ1v) is 6.81. The fraction of sp³-hybridized carbons (Fsp3) is 0.333. The summed E-state index contributed by atoms with van der Waals surface area (Å²) in [6, 6.07) is 7.37. The molecule has 1 aromatic heterocycles. The molecular formula is C15H20N4O2. The molecular weight excluding hydrogens is 268 g/mol. The Morgan fingerprint density at radius 2 is 2.19 bits per heavy atom.